The first kappa shape index (κ1) is 19.0. The van der Waals surface area contributed by atoms with Crippen LogP contribution in [0.3, 0.4) is 0 Å². The van der Waals surface area contributed by atoms with Crippen molar-refractivity contribution >= 4 is 46.1 Å². The minimum Gasteiger partial charge on any atom is -0.462 e. The molecule has 2 heterocycles. The number of hydrogen-bond donors (Lipinski definition) is 1. The Morgan fingerprint density at radius 3 is 2.44 bits per heavy atom. The van der Waals surface area contributed by atoms with Gasteiger partial charge in [-0.2, -0.15) is 0 Å². The fraction of sp³-hybridized carbons (Fsp3) is 0.471. The third kappa shape index (κ3) is 3.32. The monoisotopic (exact) mass is 393 g/mol. The fourth-order valence-electron chi connectivity index (χ4n) is 3.19. The van der Waals surface area contributed by atoms with E-state index in [1.807, 2.05) is 0 Å². The molecule has 0 bridgehead atoms. The number of rotatable bonds is 6. The number of imide groups is 2. The molecule has 10 heteroatoms. The van der Waals surface area contributed by atoms with Crippen molar-refractivity contribution in [1.82, 2.24) is 9.80 Å². The van der Waals surface area contributed by atoms with E-state index in [2.05, 4.69) is 5.32 Å². The lowest BCUT2D eigenvalue weighted by molar-refractivity contribution is -0.143. The molecule has 1 aliphatic carbocycles. The highest BCUT2D eigenvalue weighted by molar-refractivity contribution is 7.17. The molecule has 5 amide bonds. The number of anilines is 1. The minimum atomic E-state index is -1.03. The molecule has 2 aliphatic rings. The molecule has 0 radical (unpaired) electrons. The van der Waals surface area contributed by atoms with Crippen LogP contribution >= 0.6 is 11.3 Å². The quantitative estimate of drug-likeness (QED) is 0.441. The molecular weight excluding hydrogens is 374 g/mol. The molecule has 1 N–H and O–H groups in total. The first-order valence-electron chi connectivity index (χ1n) is 8.67. The zero-order chi connectivity index (χ0) is 19.7. The summed E-state index contributed by atoms with van der Waals surface area (Å²) < 4.78 is 5.09. The van der Waals surface area contributed by atoms with Crippen LogP contribution in [0, 0.1) is 0 Å². The summed E-state index contributed by atoms with van der Waals surface area (Å²) in [6, 6.07) is -0.818. The van der Waals surface area contributed by atoms with Gasteiger partial charge in [-0.1, -0.05) is 0 Å². The molecule has 1 fully saturated rings. The van der Waals surface area contributed by atoms with Gasteiger partial charge in [0.05, 0.1) is 12.2 Å². The van der Waals surface area contributed by atoms with E-state index in [-0.39, 0.29) is 13.2 Å². The maximum absolute atomic E-state index is 12.4. The third-order valence-corrected chi connectivity index (χ3v) is 5.61. The van der Waals surface area contributed by atoms with Crippen LogP contribution < -0.4 is 5.32 Å². The summed E-state index contributed by atoms with van der Waals surface area (Å²) in [7, 11) is 0. The van der Waals surface area contributed by atoms with Crippen LogP contribution in [0.4, 0.5) is 9.80 Å². The summed E-state index contributed by atoms with van der Waals surface area (Å²) in [5, 5.41) is 2.95. The van der Waals surface area contributed by atoms with Gasteiger partial charge in [-0.25, -0.2) is 14.5 Å². The first-order valence-corrected chi connectivity index (χ1v) is 9.49. The molecule has 0 aromatic carbocycles. The third-order valence-electron chi connectivity index (χ3n) is 4.41. The zero-order valence-corrected chi connectivity index (χ0v) is 15.8. The number of amides is 5. The van der Waals surface area contributed by atoms with Crippen molar-refractivity contribution in [3.05, 3.63) is 16.0 Å². The van der Waals surface area contributed by atoms with Gasteiger partial charge in [0.2, 0.25) is 5.91 Å². The van der Waals surface area contributed by atoms with Crippen LogP contribution in [-0.2, 0) is 32.0 Å². The number of hydrogen-bond acceptors (Lipinski definition) is 7. The van der Waals surface area contributed by atoms with E-state index in [1.165, 1.54) is 11.3 Å². The molecule has 1 aliphatic heterocycles. The van der Waals surface area contributed by atoms with Gasteiger partial charge in [-0.3, -0.25) is 19.3 Å². The van der Waals surface area contributed by atoms with E-state index >= 15 is 0 Å². The molecule has 0 saturated carbocycles. The standard InChI is InChI=1S/C17H19N3O6S/c1-3-19-14(22)15(23)20(17(19)25)8-11(21)18-13-12(16(24)26-4-2)9-6-5-7-10(9)27-13/h3-8H2,1-2H3,(H,18,21). The highest BCUT2D eigenvalue weighted by atomic mass is 32.1. The van der Waals surface area contributed by atoms with E-state index in [0.717, 1.165) is 34.6 Å². The van der Waals surface area contributed by atoms with Crippen molar-refractivity contribution in [2.75, 3.05) is 25.0 Å². The van der Waals surface area contributed by atoms with Gasteiger partial charge in [0.25, 0.3) is 0 Å². The SMILES string of the molecule is CCOC(=O)c1c(NC(=O)CN2C(=O)C(=O)N(CC)C2=O)sc2c1CCC2. The number of carbonyl (C=O) groups is 5. The van der Waals surface area contributed by atoms with Crippen molar-refractivity contribution in [3.63, 3.8) is 0 Å². The number of nitrogens with zero attached hydrogens (tertiary/aromatic N) is 2. The topological polar surface area (TPSA) is 113 Å². The van der Waals surface area contributed by atoms with Crippen molar-refractivity contribution < 1.29 is 28.7 Å². The van der Waals surface area contributed by atoms with Crippen LogP contribution in [0.1, 0.15) is 41.1 Å². The average Bonchev–Trinajstić information content (AvgIpc) is 3.24. The number of ether oxygens (including phenoxy) is 1. The second-order valence-corrected chi connectivity index (χ2v) is 7.16. The number of likely N-dealkylation sites (N-methyl/N-ethyl adjacent to an activating group) is 1. The number of nitrogens with one attached hydrogen (secondary N) is 1. The Hall–Kier alpha value is -2.75. The van der Waals surface area contributed by atoms with Gasteiger partial charge in [-0.15, -0.1) is 11.3 Å². The summed E-state index contributed by atoms with van der Waals surface area (Å²) in [6.07, 6.45) is 2.50. The minimum absolute atomic E-state index is 0.0478. The van der Waals surface area contributed by atoms with Crippen LogP contribution in [0.5, 0.6) is 0 Å². The predicted molar refractivity (Wildman–Crippen MR) is 95.4 cm³/mol. The largest absolute Gasteiger partial charge is 0.462 e. The van der Waals surface area contributed by atoms with E-state index in [4.69, 9.17) is 4.74 Å². The lowest BCUT2D eigenvalue weighted by Gasteiger charge is -2.14. The second kappa shape index (κ2) is 7.47. The lowest BCUT2D eigenvalue weighted by atomic mass is 10.1. The number of urea groups is 1. The molecular formula is C17H19N3O6S. The van der Waals surface area contributed by atoms with Gasteiger partial charge < -0.3 is 10.1 Å². The number of fused-ring (bicyclic) bond motifs is 1. The van der Waals surface area contributed by atoms with E-state index in [0.29, 0.717) is 15.5 Å². The number of esters is 1. The molecule has 1 aromatic heterocycles. The zero-order valence-electron chi connectivity index (χ0n) is 15.0. The van der Waals surface area contributed by atoms with Crippen molar-refractivity contribution in [2.24, 2.45) is 0 Å². The number of aryl methyl sites for hydroxylation is 1. The fourth-order valence-corrected chi connectivity index (χ4v) is 4.48. The Balaban J connectivity index is 1.77. The summed E-state index contributed by atoms with van der Waals surface area (Å²) in [5.41, 5.74) is 1.22. The number of thiophene rings is 1. The van der Waals surface area contributed by atoms with Crippen molar-refractivity contribution in [2.45, 2.75) is 33.1 Å². The molecule has 3 rings (SSSR count). The van der Waals surface area contributed by atoms with Gasteiger partial charge in [0, 0.05) is 11.4 Å². The van der Waals surface area contributed by atoms with E-state index in [9.17, 15) is 24.0 Å². The molecule has 144 valence electrons. The Morgan fingerprint density at radius 1 is 1.11 bits per heavy atom. The van der Waals surface area contributed by atoms with Gasteiger partial charge in [0.15, 0.2) is 0 Å². The highest BCUT2D eigenvalue weighted by Gasteiger charge is 2.44. The van der Waals surface area contributed by atoms with E-state index < -0.39 is 36.3 Å². The summed E-state index contributed by atoms with van der Waals surface area (Å²) in [5.74, 6) is -3.14. The summed E-state index contributed by atoms with van der Waals surface area (Å²) in [4.78, 5) is 62.8. The average molecular weight is 393 g/mol. The Labute approximate surface area is 159 Å². The Kier molecular flexibility index (Phi) is 5.26. The normalized spacial score (nSPS) is 16.1. The van der Waals surface area contributed by atoms with Crippen LogP contribution in [0.15, 0.2) is 0 Å². The van der Waals surface area contributed by atoms with Crippen LogP contribution in [0.2, 0.25) is 0 Å². The van der Waals surface area contributed by atoms with E-state index in [1.54, 1.807) is 13.8 Å². The molecule has 1 aromatic rings. The molecule has 0 unspecified atom stereocenters. The number of carbonyl (C=O) groups excluding carboxylic acids is 5. The maximum atomic E-state index is 12.4. The van der Waals surface area contributed by atoms with Crippen LogP contribution in [0.25, 0.3) is 0 Å². The van der Waals surface area contributed by atoms with Crippen molar-refractivity contribution in [3.8, 4) is 0 Å². The Bertz CT molecular complexity index is 846. The predicted octanol–water partition coefficient (Wildman–Crippen LogP) is 1.16. The Morgan fingerprint density at radius 2 is 1.81 bits per heavy atom. The smallest absolute Gasteiger partial charge is 0.341 e. The molecule has 27 heavy (non-hydrogen) atoms. The van der Waals surface area contributed by atoms with Crippen LogP contribution in [-0.4, -0.2) is 59.2 Å². The highest BCUT2D eigenvalue weighted by Crippen LogP contribution is 2.39. The summed E-state index contributed by atoms with van der Waals surface area (Å²) >= 11 is 1.30. The first-order chi connectivity index (χ1) is 12.9. The molecule has 9 nitrogen and oxygen atoms in total. The second-order valence-electron chi connectivity index (χ2n) is 6.05. The molecule has 1 saturated heterocycles. The maximum Gasteiger partial charge on any atom is 0.341 e. The van der Waals surface area contributed by atoms with Gasteiger partial charge in [0.1, 0.15) is 11.5 Å². The van der Waals surface area contributed by atoms with Gasteiger partial charge >= 0.3 is 23.8 Å². The van der Waals surface area contributed by atoms with Crippen molar-refractivity contribution in [1.29, 1.82) is 0 Å². The molecule has 0 atom stereocenters. The molecule has 0 spiro atoms. The summed E-state index contributed by atoms with van der Waals surface area (Å²) in [6.45, 7) is 2.93. The lowest BCUT2D eigenvalue weighted by Crippen LogP contribution is -2.39. The van der Waals surface area contributed by atoms with Gasteiger partial charge in [-0.05, 0) is 38.7 Å².